The van der Waals surface area contributed by atoms with Gasteiger partial charge in [0.1, 0.15) is 5.60 Å². The molecule has 0 spiro atoms. The molecular formula is C26H39ClN2O4. The quantitative estimate of drug-likeness (QED) is 0.647. The van der Waals surface area contributed by atoms with Crippen LogP contribution in [0.3, 0.4) is 0 Å². The first-order chi connectivity index (χ1) is 15.1. The molecule has 3 saturated carbocycles. The van der Waals surface area contributed by atoms with Gasteiger partial charge in [-0.3, -0.25) is 14.5 Å². The second kappa shape index (κ2) is 8.56. The summed E-state index contributed by atoms with van der Waals surface area (Å²) in [5.41, 5.74) is -1.17. The Morgan fingerprint density at radius 3 is 2.58 bits per heavy atom. The van der Waals surface area contributed by atoms with Crippen LogP contribution in [0.4, 0.5) is 0 Å². The van der Waals surface area contributed by atoms with E-state index in [1.807, 2.05) is 6.08 Å². The van der Waals surface area contributed by atoms with E-state index in [1.54, 1.807) is 12.2 Å². The van der Waals surface area contributed by atoms with E-state index in [4.69, 9.17) is 0 Å². The Bertz CT molecular complexity index is 882. The minimum atomic E-state index is -1.37. The largest absolute Gasteiger partial charge is 0.393 e. The Morgan fingerprint density at radius 2 is 1.88 bits per heavy atom. The van der Waals surface area contributed by atoms with Crippen LogP contribution < -0.4 is 0 Å². The van der Waals surface area contributed by atoms with Crippen molar-refractivity contribution in [2.24, 2.45) is 28.6 Å². The fraction of sp³-hybridized carbons (Fsp3) is 0.769. The highest BCUT2D eigenvalue weighted by Crippen LogP contribution is 2.67. The number of carbonyl (C=O) groups is 2. The average Bonchev–Trinajstić information content (AvgIpc) is 3.01. The summed E-state index contributed by atoms with van der Waals surface area (Å²) in [6.45, 7) is 8.10. The van der Waals surface area contributed by atoms with Gasteiger partial charge in [-0.05, 0) is 63.1 Å². The molecule has 0 radical (unpaired) electrons. The maximum atomic E-state index is 13.5. The van der Waals surface area contributed by atoms with Gasteiger partial charge < -0.3 is 15.1 Å². The van der Waals surface area contributed by atoms with E-state index in [-0.39, 0.29) is 47.1 Å². The molecule has 1 saturated heterocycles. The Kier molecular flexibility index (Phi) is 6.50. The van der Waals surface area contributed by atoms with E-state index < -0.39 is 17.1 Å². The van der Waals surface area contributed by atoms with E-state index >= 15 is 0 Å². The van der Waals surface area contributed by atoms with Crippen molar-refractivity contribution < 1.29 is 19.8 Å². The number of carbonyl (C=O) groups excluding carboxylic acids is 2. The van der Waals surface area contributed by atoms with E-state index in [0.29, 0.717) is 19.4 Å². The van der Waals surface area contributed by atoms with Crippen LogP contribution in [0.2, 0.25) is 0 Å². The van der Waals surface area contributed by atoms with Crippen LogP contribution in [0.15, 0.2) is 23.8 Å². The van der Waals surface area contributed by atoms with Gasteiger partial charge in [0.15, 0.2) is 11.6 Å². The average molecular weight is 479 g/mol. The molecule has 5 aliphatic rings. The van der Waals surface area contributed by atoms with Gasteiger partial charge >= 0.3 is 0 Å². The molecule has 4 fully saturated rings. The number of piperazine rings is 1. The zero-order chi connectivity index (χ0) is 22.9. The predicted molar refractivity (Wildman–Crippen MR) is 129 cm³/mol. The van der Waals surface area contributed by atoms with Crippen molar-refractivity contribution in [3.63, 3.8) is 0 Å². The summed E-state index contributed by atoms with van der Waals surface area (Å²) in [7, 11) is 2.10. The normalized spacial score (nSPS) is 45.5. The van der Waals surface area contributed by atoms with Gasteiger partial charge in [0.25, 0.3) is 0 Å². The third kappa shape index (κ3) is 3.68. The molecule has 184 valence electrons. The molecule has 1 heterocycles. The Balaban J connectivity index is 0.00000259. The van der Waals surface area contributed by atoms with Crippen molar-refractivity contribution in [2.45, 2.75) is 57.7 Å². The Hall–Kier alpha value is -1.05. The highest BCUT2D eigenvalue weighted by molar-refractivity contribution is 6.01. The fourth-order valence-corrected chi connectivity index (χ4v) is 8.13. The molecule has 33 heavy (non-hydrogen) atoms. The van der Waals surface area contributed by atoms with Crippen LogP contribution >= 0.6 is 12.4 Å². The molecule has 5 rings (SSSR count). The summed E-state index contributed by atoms with van der Waals surface area (Å²) in [6.07, 6.45) is 8.33. The molecule has 0 aromatic heterocycles. The summed E-state index contributed by atoms with van der Waals surface area (Å²) in [5, 5.41) is 23.3. The van der Waals surface area contributed by atoms with Crippen molar-refractivity contribution in [1.82, 2.24) is 9.80 Å². The number of Topliss-reactive ketones (excluding diaryl/α,β-unsaturated/α-hetero) is 1. The Morgan fingerprint density at radius 1 is 1.18 bits per heavy atom. The highest BCUT2D eigenvalue weighted by Gasteiger charge is 2.68. The molecule has 7 atom stereocenters. The topological polar surface area (TPSA) is 81.1 Å². The monoisotopic (exact) mass is 478 g/mol. The third-order valence-electron chi connectivity index (χ3n) is 10.1. The van der Waals surface area contributed by atoms with Crippen LogP contribution in [0, 0.1) is 28.6 Å². The van der Waals surface area contributed by atoms with Gasteiger partial charge in [-0.25, -0.2) is 0 Å². The molecule has 0 aromatic carbocycles. The Labute approximate surface area is 203 Å². The first kappa shape index (κ1) is 25.1. The van der Waals surface area contributed by atoms with Gasteiger partial charge in [0, 0.05) is 42.9 Å². The van der Waals surface area contributed by atoms with E-state index in [9.17, 15) is 19.8 Å². The maximum Gasteiger partial charge on any atom is 0.178 e. The van der Waals surface area contributed by atoms with E-state index in [1.165, 1.54) is 0 Å². The number of rotatable bonds is 3. The first-order valence-corrected chi connectivity index (χ1v) is 12.4. The minimum absolute atomic E-state index is 0. The van der Waals surface area contributed by atoms with Gasteiger partial charge in [-0.1, -0.05) is 25.5 Å². The van der Waals surface area contributed by atoms with Crippen molar-refractivity contribution in [3.05, 3.63) is 23.8 Å². The zero-order valence-electron chi connectivity index (χ0n) is 20.1. The van der Waals surface area contributed by atoms with Crippen LogP contribution in [-0.4, -0.2) is 83.1 Å². The zero-order valence-corrected chi connectivity index (χ0v) is 20.9. The third-order valence-corrected chi connectivity index (χ3v) is 10.1. The number of ketones is 2. The molecule has 4 aliphatic carbocycles. The minimum Gasteiger partial charge on any atom is -0.393 e. The summed E-state index contributed by atoms with van der Waals surface area (Å²) < 4.78 is 0. The van der Waals surface area contributed by atoms with Gasteiger partial charge in [0.2, 0.25) is 0 Å². The number of hydrogen-bond donors (Lipinski definition) is 2. The number of likely N-dealkylation sites (N-methyl/N-ethyl adjacent to an activating group) is 1. The van der Waals surface area contributed by atoms with E-state index in [2.05, 4.69) is 30.7 Å². The number of allylic oxidation sites excluding steroid dienone is 4. The summed E-state index contributed by atoms with van der Waals surface area (Å²) in [6, 6.07) is 0. The van der Waals surface area contributed by atoms with E-state index in [0.717, 1.165) is 51.0 Å². The SMILES string of the molecule is CN1CCN(CC(=O)[C@@]2(O)CC[C@H]3[C@@H]4CCC5=CC(=O)C=C[C@]5(C)C4[C@@H](O)C[C@@]32C)CC1.Cl. The fourth-order valence-electron chi connectivity index (χ4n) is 8.13. The molecule has 0 bridgehead atoms. The molecule has 0 aromatic rings. The van der Waals surface area contributed by atoms with Crippen molar-refractivity contribution in [2.75, 3.05) is 39.8 Å². The van der Waals surface area contributed by atoms with Crippen LogP contribution in [0.1, 0.15) is 46.0 Å². The van der Waals surface area contributed by atoms with Gasteiger partial charge in [0.05, 0.1) is 12.6 Å². The molecule has 6 nitrogen and oxygen atoms in total. The molecule has 0 amide bonds. The summed E-state index contributed by atoms with van der Waals surface area (Å²) in [4.78, 5) is 29.9. The summed E-state index contributed by atoms with van der Waals surface area (Å²) in [5.74, 6) is 0.454. The lowest BCUT2D eigenvalue weighted by Gasteiger charge is -2.59. The number of aliphatic hydroxyl groups is 2. The predicted octanol–water partition coefficient (Wildman–Crippen LogP) is 2.23. The van der Waals surface area contributed by atoms with Crippen LogP contribution in [0.5, 0.6) is 0 Å². The number of hydrogen-bond acceptors (Lipinski definition) is 6. The number of nitrogens with zero attached hydrogens (tertiary/aromatic N) is 2. The van der Waals surface area contributed by atoms with Crippen molar-refractivity contribution in [3.8, 4) is 0 Å². The van der Waals surface area contributed by atoms with Gasteiger partial charge in [-0.15, -0.1) is 12.4 Å². The maximum absolute atomic E-state index is 13.5. The smallest absolute Gasteiger partial charge is 0.178 e. The lowest BCUT2D eigenvalue weighted by Crippen LogP contribution is -2.62. The first-order valence-electron chi connectivity index (χ1n) is 12.4. The molecular weight excluding hydrogens is 440 g/mol. The highest BCUT2D eigenvalue weighted by atomic mass is 35.5. The number of halogens is 1. The van der Waals surface area contributed by atoms with Crippen LogP contribution in [0.25, 0.3) is 0 Å². The standard InChI is InChI=1S/C26H38N2O4.ClH/c1-24-8-6-18(29)14-17(24)4-5-19-20-7-9-26(32,25(20,2)15-21(30)23(19)24)22(31)16-28-12-10-27(3)11-13-28;/h6,8,14,19-21,23,30,32H,4-5,7,9-13,15-16H2,1-3H3;1H/t19-,20-,21-,23?,24-,25-,26-;/m0./s1. The number of aliphatic hydroxyl groups excluding tert-OH is 1. The molecule has 1 unspecified atom stereocenters. The molecule has 2 N–H and O–H groups in total. The summed E-state index contributed by atoms with van der Waals surface area (Å²) >= 11 is 0. The van der Waals surface area contributed by atoms with Crippen molar-refractivity contribution >= 4 is 24.0 Å². The second-order valence-corrected chi connectivity index (χ2v) is 11.6. The number of fused-ring (bicyclic) bond motifs is 5. The lowest BCUT2D eigenvalue weighted by atomic mass is 9.46. The van der Waals surface area contributed by atoms with Crippen molar-refractivity contribution in [1.29, 1.82) is 0 Å². The lowest BCUT2D eigenvalue weighted by molar-refractivity contribution is -0.177. The van der Waals surface area contributed by atoms with Gasteiger partial charge in [-0.2, -0.15) is 0 Å². The molecule has 1 aliphatic heterocycles. The van der Waals surface area contributed by atoms with Crippen LogP contribution in [-0.2, 0) is 9.59 Å². The second-order valence-electron chi connectivity index (χ2n) is 11.6. The molecule has 7 heteroatoms.